The van der Waals surface area contributed by atoms with E-state index >= 15 is 0 Å². The van der Waals surface area contributed by atoms with Gasteiger partial charge in [-0.1, -0.05) is 32.9 Å². The Morgan fingerprint density at radius 1 is 1.20 bits per heavy atom. The molecular formula is C15H31N5. The van der Waals surface area contributed by atoms with E-state index < -0.39 is 0 Å². The first kappa shape index (κ1) is 17.1. The maximum absolute atomic E-state index is 4.21. The molecule has 0 saturated heterocycles. The van der Waals surface area contributed by atoms with E-state index in [-0.39, 0.29) is 0 Å². The molecular weight excluding hydrogens is 250 g/mol. The van der Waals surface area contributed by atoms with E-state index in [1.54, 1.807) is 0 Å². The summed E-state index contributed by atoms with van der Waals surface area (Å²) in [6.45, 7) is 15.0. The van der Waals surface area contributed by atoms with Gasteiger partial charge in [0.25, 0.3) is 0 Å². The molecule has 0 aromatic carbocycles. The molecule has 1 rings (SSSR count). The molecule has 0 bridgehead atoms. The van der Waals surface area contributed by atoms with Crippen molar-refractivity contribution in [1.82, 2.24) is 25.2 Å². The second kappa shape index (κ2) is 9.88. The molecule has 0 atom stereocenters. The fourth-order valence-corrected chi connectivity index (χ4v) is 2.23. The molecule has 0 saturated carbocycles. The molecule has 20 heavy (non-hydrogen) atoms. The van der Waals surface area contributed by atoms with Gasteiger partial charge in [-0.2, -0.15) is 0 Å². The van der Waals surface area contributed by atoms with Gasteiger partial charge in [-0.15, -0.1) is 5.10 Å². The van der Waals surface area contributed by atoms with Crippen LogP contribution in [-0.2, 0) is 13.1 Å². The molecule has 116 valence electrons. The molecule has 1 aromatic rings. The van der Waals surface area contributed by atoms with Crippen LogP contribution in [0.3, 0.4) is 0 Å². The highest BCUT2D eigenvalue weighted by molar-refractivity contribution is 4.91. The lowest BCUT2D eigenvalue weighted by Gasteiger charge is -2.20. The molecule has 0 unspecified atom stereocenters. The average Bonchev–Trinajstić information content (AvgIpc) is 2.84. The van der Waals surface area contributed by atoms with Gasteiger partial charge in [0.15, 0.2) is 0 Å². The van der Waals surface area contributed by atoms with E-state index in [2.05, 4.69) is 54.4 Å². The van der Waals surface area contributed by atoms with Gasteiger partial charge in [0.2, 0.25) is 0 Å². The van der Waals surface area contributed by atoms with Crippen molar-refractivity contribution in [3.63, 3.8) is 0 Å². The third-order valence-electron chi connectivity index (χ3n) is 3.17. The third-order valence-corrected chi connectivity index (χ3v) is 3.17. The van der Waals surface area contributed by atoms with Gasteiger partial charge in [-0.25, -0.2) is 0 Å². The van der Waals surface area contributed by atoms with Crippen LogP contribution in [0.2, 0.25) is 0 Å². The predicted molar refractivity (Wildman–Crippen MR) is 83.6 cm³/mol. The number of nitrogens with one attached hydrogen (secondary N) is 1. The van der Waals surface area contributed by atoms with E-state index in [0.717, 1.165) is 31.9 Å². The van der Waals surface area contributed by atoms with Gasteiger partial charge in [-0.3, -0.25) is 4.68 Å². The van der Waals surface area contributed by atoms with Crippen molar-refractivity contribution < 1.29 is 0 Å². The van der Waals surface area contributed by atoms with Gasteiger partial charge >= 0.3 is 0 Å². The Morgan fingerprint density at radius 3 is 2.50 bits per heavy atom. The topological polar surface area (TPSA) is 46.0 Å². The molecule has 0 fully saturated rings. The first-order valence-corrected chi connectivity index (χ1v) is 7.97. The number of hydrogen-bond acceptors (Lipinski definition) is 4. The summed E-state index contributed by atoms with van der Waals surface area (Å²) in [4.78, 5) is 2.50. The fraction of sp³-hybridized carbons (Fsp3) is 0.867. The largest absolute Gasteiger partial charge is 0.311 e. The van der Waals surface area contributed by atoms with Gasteiger partial charge in [0.1, 0.15) is 0 Å². The van der Waals surface area contributed by atoms with Crippen molar-refractivity contribution in [1.29, 1.82) is 0 Å². The number of hydrogen-bond donors (Lipinski definition) is 1. The zero-order chi connectivity index (χ0) is 14.8. The molecule has 0 aliphatic rings. The van der Waals surface area contributed by atoms with E-state index in [4.69, 9.17) is 0 Å². The zero-order valence-electron chi connectivity index (χ0n) is 13.6. The van der Waals surface area contributed by atoms with E-state index in [0.29, 0.717) is 5.92 Å². The number of nitrogens with zero attached hydrogens (tertiary/aromatic N) is 4. The molecule has 0 radical (unpaired) electrons. The Hall–Kier alpha value is -0.940. The Balaban J connectivity index is 2.31. The van der Waals surface area contributed by atoms with E-state index in [1.165, 1.54) is 25.9 Å². The van der Waals surface area contributed by atoms with Gasteiger partial charge in [0.05, 0.1) is 12.2 Å². The Kier molecular flexibility index (Phi) is 8.46. The fourth-order valence-electron chi connectivity index (χ4n) is 2.23. The number of rotatable bonds is 11. The maximum atomic E-state index is 4.21. The standard InChI is InChI=1S/C15H31N5/c1-5-7-19(8-6-2)9-10-20-13-15(17-18-20)12-16-11-14(3)4/h13-14,16H,5-12H2,1-4H3. The van der Waals surface area contributed by atoms with Crippen LogP contribution < -0.4 is 5.32 Å². The van der Waals surface area contributed by atoms with Gasteiger partial charge < -0.3 is 10.2 Å². The van der Waals surface area contributed by atoms with E-state index in [1.807, 2.05) is 4.68 Å². The molecule has 0 aliphatic carbocycles. The smallest absolute Gasteiger partial charge is 0.0964 e. The maximum Gasteiger partial charge on any atom is 0.0964 e. The van der Waals surface area contributed by atoms with Crippen molar-refractivity contribution in [2.45, 2.75) is 53.6 Å². The van der Waals surface area contributed by atoms with Crippen LogP contribution in [0.1, 0.15) is 46.2 Å². The summed E-state index contributed by atoms with van der Waals surface area (Å²) in [5.41, 5.74) is 1.03. The minimum Gasteiger partial charge on any atom is -0.311 e. The van der Waals surface area contributed by atoms with Crippen LogP contribution in [0.15, 0.2) is 6.20 Å². The monoisotopic (exact) mass is 281 g/mol. The van der Waals surface area contributed by atoms with Crippen molar-refractivity contribution in [3.8, 4) is 0 Å². The Labute approximate surface area is 123 Å². The molecule has 5 heteroatoms. The second-order valence-electron chi connectivity index (χ2n) is 5.84. The van der Waals surface area contributed by atoms with Gasteiger partial charge in [0, 0.05) is 19.3 Å². The first-order valence-electron chi connectivity index (χ1n) is 7.97. The summed E-state index contributed by atoms with van der Waals surface area (Å²) in [5, 5.41) is 11.8. The molecule has 1 heterocycles. The lowest BCUT2D eigenvalue weighted by molar-refractivity contribution is 0.258. The molecule has 1 N–H and O–H groups in total. The average molecular weight is 281 g/mol. The zero-order valence-corrected chi connectivity index (χ0v) is 13.6. The second-order valence-corrected chi connectivity index (χ2v) is 5.84. The van der Waals surface area contributed by atoms with Crippen LogP contribution in [0, 0.1) is 5.92 Å². The lowest BCUT2D eigenvalue weighted by Crippen LogP contribution is -2.29. The highest BCUT2D eigenvalue weighted by atomic mass is 15.4. The molecule has 0 aliphatic heterocycles. The van der Waals surface area contributed by atoms with Crippen LogP contribution in [0.5, 0.6) is 0 Å². The predicted octanol–water partition coefficient (Wildman–Crippen LogP) is 2.15. The Bertz CT molecular complexity index is 342. The summed E-state index contributed by atoms with van der Waals surface area (Å²) >= 11 is 0. The van der Waals surface area contributed by atoms with E-state index in [9.17, 15) is 0 Å². The van der Waals surface area contributed by atoms with Crippen molar-refractivity contribution in [3.05, 3.63) is 11.9 Å². The van der Waals surface area contributed by atoms with Crippen molar-refractivity contribution >= 4 is 0 Å². The quantitative estimate of drug-likeness (QED) is 0.675. The minimum atomic E-state index is 0.668. The van der Waals surface area contributed by atoms with Crippen LogP contribution >= 0.6 is 0 Å². The summed E-state index contributed by atoms with van der Waals surface area (Å²) in [6, 6.07) is 0. The molecule has 5 nitrogen and oxygen atoms in total. The molecule has 0 spiro atoms. The SMILES string of the molecule is CCCN(CCC)CCn1cc(CNCC(C)C)nn1. The van der Waals surface area contributed by atoms with Crippen LogP contribution in [-0.4, -0.2) is 46.1 Å². The molecule has 1 aromatic heterocycles. The summed E-state index contributed by atoms with van der Waals surface area (Å²) in [5.74, 6) is 0.668. The third kappa shape index (κ3) is 7.01. The van der Waals surface area contributed by atoms with Crippen LogP contribution in [0.4, 0.5) is 0 Å². The van der Waals surface area contributed by atoms with Crippen molar-refractivity contribution in [2.24, 2.45) is 5.92 Å². The first-order chi connectivity index (χ1) is 9.65. The summed E-state index contributed by atoms with van der Waals surface area (Å²) < 4.78 is 1.96. The Morgan fingerprint density at radius 2 is 1.90 bits per heavy atom. The molecule has 0 amide bonds. The summed E-state index contributed by atoms with van der Waals surface area (Å²) in [7, 11) is 0. The highest BCUT2D eigenvalue weighted by Gasteiger charge is 2.05. The minimum absolute atomic E-state index is 0.668. The van der Waals surface area contributed by atoms with Gasteiger partial charge in [-0.05, 0) is 38.4 Å². The summed E-state index contributed by atoms with van der Waals surface area (Å²) in [6.07, 6.45) is 4.48. The number of aromatic nitrogens is 3. The van der Waals surface area contributed by atoms with Crippen molar-refractivity contribution in [2.75, 3.05) is 26.2 Å². The lowest BCUT2D eigenvalue weighted by atomic mass is 10.2. The normalized spacial score (nSPS) is 11.7. The van der Waals surface area contributed by atoms with Crippen LogP contribution in [0.25, 0.3) is 0 Å². The highest BCUT2D eigenvalue weighted by Crippen LogP contribution is 1.98.